The highest BCUT2D eigenvalue weighted by Crippen LogP contribution is 2.31. The zero-order chi connectivity index (χ0) is 17.2. The van der Waals surface area contributed by atoms with Gasteiger partial charge in [0.1, 0.15) is 18.0 Å². The van der Waals surface area contributed by atoms with Gasteiger partial charge in [-0.3, -0.25) is 0 Å². The number of aromatic nitrogens is 4. The molecule has 130 valence electrons. The average Bonchev–Trinajstić information content (AvgIpc) is 3.27. The van der Waals surface area contributed by atoms with Crippen molar-refractivity contribution < 1.29 is 13.9 Å². The molecule has 0 atom stereocenters. The van der Waals surface area contributed by atoms with Crippen LogP contribution in [-0.4, -0.2) is 34.2 Å². The van der Waals surface area contributed by atoms with Gasteiger partial charge in [0.2, 0.25) is 5.89 Å². The van der Waals surface area contributed by atoms with Crippen LogP contribution in [0.25, 0.3) is 11.3 Å². The lowest BCUT2D eigenvalue weighted by Crippen LogP contribution is -2.01. The normalized spacial score (nSPS) is 13.5. The molecule has 0 amide bonds. The summed E-state index contributed by atoms with van der Waals surface area (Å²) in [7, 11) is 3.23. The van der Waals surface area contributed by atoms with E-state index < -0.39 is 0 Å². The van der Waals surface area contributed by atoms with Crippen molar-refractivity contribution in [2.24, 2.45) is 0 Å². The number of ether oxygens (including phenoxy) is 2. The second-order valence-electron chi connectivity index (χ2n) is 6.06. The Bertz CT molecular complexity index is 861. The van der Waals surface area contributed by atoms with E-state index in [1.807, 2.05) is 24.4 Å². The van der Waals surface area contributed by atoms with Gasteiger partial charge >= 0.3 is 0 Å². The minimum absolute atomic E-state index is 0.479. The van der Waals surface area contributed by atoms with E-state index in [0.29, 0.717) is 23.9 Å². The highest BCUT2D eigenvalue weighted by molar-refractivity contribution is 5.63. The average molecular weight is 340 g/mol. The first-order chi connectivity index (χ1) is 12.3. The molecule has 0 radical (unpaired) electrons. The van der Waals surface area contributed by atoms with Crippen LogP contribution < -0.4 is 9.47 Å². The van der Waals surface area contributed by atoms with Crippen molar-refractivity contribution in [2.75, 3.05) is 14.2 Å². The molecule has 1 aliphatic rings. The zero-order valence-electron chi connectivity index (χ0n) is 14.4. The van der Waals surface area contributed by atoms with Crippen LogP contribution in [0.4, 0.5) is 0 Å². The van der Waals surface area contributed by atoms with Gasteiger partial charge in [0.15, 0.2) is 11.5 Å². The Kier molecular flexibility index (Phi) is 4.13. The summed E-state index contributed by atoms with van der Waals surface area (Å²) in [5, 5.41) is 8.43. The summed E-state index contributed by atoms with van der Waals surface area (Å²) >= 11 is 0. The maximum absolute atomic E-state index is 5.86. The summed E-state index contributed by atoms with van der Waals surface area (Å²) in [6, 6.07) is 5.67. The summed E-state index contributed by atoms with van der Waals surface area (Å²) in [5.74, 6) is 3.07. The van der Waals surface area contributed by atoms with Gasteiger partial charge in [-0.25, -0.2) is 9.67 Å². The van der Waals surface area contributed by atoms with E-state index in [4.69, 9.17) is 13.9 Å². The van der Waals surface area contributed by atoms with Gasteiger partial charge in [-0.1, -0.05) is 5.21 Å². The summed E-state index contributed by atoms with van der Waals surface area (Å²) in [5.41, 5.74) is 2.77. The monoisotopic (exact) mass is 340 g/mol. The first kappa shape index (κ1) is 15.7. The predicted molar refractivity (Wildman–Crippen MR) is 90.8 cm³/mol. The maximum atomic E-state index is 5.86. The molecule has 0 saturated heterocycles. The van der Waals surface area contributed by atoms with Gasteiger partial charge in [-0.05, 0) is 37.5 Å². The second kappa shape index (κ2) is 6.58. The Morgan fingerprint density at radius 2 is 1.96 bits per heavy atom. The number of nitrogens with zero attached hydrogens (tertiary/aromatic N) is 4. The van der Waals surface area contributed by atoms with Crippen LogP contribution >= 0.6 is 0 Å². The van der Waals surface area contributed by atoms with E-state index in [1.165, 1.54) is 12.8 Å². The highest BCUT2D eigenvalue weighted by Gasteiger charge is 2.17. The molecule has 2 aromatic heterocycles. The minimum Gasteiger partial charge on any atom is -0.493 e. The van der Waals surface area contributed by atoms with Gasteiger partial charge < -0.3 is 13.9 Å². The number of aryl methyl sites for hydroxylation is 2. The standard InChI is InChI=1S/C18H20N4O3/c1-23-16-8-7-12(9-17(16)24-2)14-10-22(21-20-14)11-18-19-13-5-3-4-6-15(13)25-18/h7-10H,3-6,11H2,1-2H3. The van der Waals surface area contributed by atoms with E-state index >= 15 is 0 Å². The van der Waals surface area contributed by atoms with Crippen molar-refractivity contribution in [1.82, 2.24) is 20.0 Å². The fourth-order valence-corrected chi connectivity index (χ4v) is 3.12. The smallest absolute Gasteiger partial charge is 0.216 e. The van der Waals surface area contributed by atoms with Crippen LogP contribution in [0, 0.1) is 0 Å². The van der Waals surface area contributed by atoms with E-state index in [9.17, 15) is 0 Å². The van der Waals surface area contributed by atoms with Crippen LogP contribution in [-0.2, 0) is 19.4 Å². The number of fused-ring (bicyclic) bond motifs is 1. The Balaban J connectivity index is 1.55. The number of oxazole rings is 1. The zero-order valence-corrected chi connectivity index (χ0v) is 14.4. The molecule has 1 aromatic carbocycles. The lowest BCUT2D eigenvalue weighted by Gasteiger charge is -2.07. The number of methoxy groups -OCH3 is 2. The van der Waals surface area contributed by atoms with Gasteiger partial charge in [0.25, 0.3) is 0 Å². The van der Waals surface area contributed by atoms with Crippen molar-refractivity contribution in [2.45, 2.75) is 32.2 Å². The third-order valence-electron chi connectivity index (χ3n) is 4.41. The molecule has 0 N–H and O–H groups in total. The topological polar surface area (TPSA) is 75.2 Å². The van der Waals surface area contributed by atoms with Crippen LogP contribution in [0.3, 0.4) is 0 Å². The molecular formula is C18H20N4O3. The third-order valence-corrected chi connectivity index (χ3v) is 4.41. The van der Waals surface area contributed by atoms with E-state index in [1.54, 1.807) is 18.9 Å². The quantitative estimate of drug-likeness (QED) is 0.711. The van der Waals surface area contributed by atoms with Crippen LogP contribution in [0.5, 0.6) is 11.5 Å². The molecule has 0 saturated carbocycles. The van der Waals surface area contributed by atoms with Gasteiger partial charge in [0.05, 0.1) is 26.1 Å². The molecule has 0 bridgehead atoms. The molecule has 0 fully saturated rings. The minimum atomic E-state index is 0.479. The summed E-state index contributed by atoms with van der Waals surface area (Å²) in [6.07, 6.45) is 6.23. The molecule has 7 nitrogen and oxygen atoms in total. The van der Waals surface area contributed by atoms with Gasteiger partial charge in [-0.15, -0.1) is 5.10 Å². The predicted octanol–water partition coefficient (Wildman–Crippen LogP) is 2.88. The maximum Gasteiger partial charge on any atom is 0.216 e. The van der Waals surface area contributed by atoms with Gasteiger partial charge in [-0.2, -0.15) is 0 Å². The van der Waals surface area contributed by atoms with Gasteiger partial charge in [0, 0.05) is 12.0 Å². The largest absolute Gasteiger partial charge is 0.493 e. The van der Waals surface area contributed by atoms with E-state index in [-0.39, 0.29) is 0 Å². The fraction of sp³-hybridized carbons (Fsp3) is 0.389. The van der Waals surface area contributed by atoms with Crippen molar-refractivity contribution in [3.05, 3.63) is 41.7 Å². The molecule has 0 aliphatic heterocycles. The third kappa shape index (κ3) is 3.09. The summed E-state index contributed by atoms with van der Waals surface area (Å²) in [6.45, 7) is 0.479. The van der Waals surface area contributed by atoms with Crippen LogP contribution in [0.1, 0.15) is 30.2 Å². The Hall–Kier alpha value is -2.83. The number of hydrogen-bond acceptors (Lipinski definition) is 6. The SMILES string of the molecule is COc1ccc(-c2cn(Cc3nc4c(o3)CCCC4)nn2)cc1OC. The number of benzene rings is 1. The molecule has 0 unspecified atom stereocenters. The molecule has 2 heterocycles. The Morgan fingerprint density at radius 1 is 1.12 bits per heavy atom. The van der Waals surface area contributed by atoms with E-state index in [2.05, 4.69) is 15.3 Å². The first-order valence-corrected chi connectivity index (χ1v) is 8.37. The fourth-order valence-electron chi connectivity index (χ4n) is 3.12. The lowest BCUT2D eigenvalue weighted by molar-refractivity contribution is 0.355. The Labute approximate surface area is 145 Å². The van der Waals surface area contributed by atoms with E-state index in [0.717, 1.165) is 35.6 Å². The first-order valence-electron chi connectivity index (χ1n) is 8.37. The summed E-state index contributed by atoms with van der Waals surface area (Å²) < 4.78 is 18.2. The molecule has 3 aromatic rings. The van der Waals surface area contributed by atoms with Crippen molar-refractivity contribution in [3.63, 3.8) is 0 Å². The number of hydrogen-bond donors (Lipinski definition) is 0. The van der Waals surface area contributed by atoms with Crippen molar-refractivity contribution in [3.8, 4) is 22.8 Å². The van der Waals surface area contributed by atoms with Crippen molar-refractivity contribution >= 4 is 0 Å². The molecule has 25 heavy (non-hydrogen) atoms. The van der Waals surface area contributed by atoms with Crippen LogP contribution in [0.2, 0.25) is 0 Å². The van der Waals surface area contributed by atoms with Crippen LogP contribution in [0.15, 0.2) is 28.8 Å². The lowest BCUT2D eigenvalue weighted by atomic mass is 10.0. The highest BCUT2D eigenvalue weighted by atomic mass is 16.5. The molecule has 1 aliphatic carbocycles. The number of rotatable bonds is 5. The molecule has 7 heteroatoms. The van der Waals surface area contributed by atoms with Crippen molar-refractivity contribution in [1.29, 1.82) is 0 Å². The second-order valence-corrected chi connectivity index (χ2v) is 6.06. The molecular weight excluding hydrogens is 320 g/mol. The molecule has 0 spiro atoms. The Morgan fingerprint density at radius 3 is 2.76 bits per heavy atom. The summed E-state index contributed by atoms with van der Waals surface area (Å²) in [4.78, 5) is 4.59. The molecule has 4 rings (SSSR count).